The van der Waals surface area contributed by atoms with Gasteiger partial charge in [-0.1, -0.05) is 12.1 Å². The second-order valence-corrected chi connectivity index (χ2v) is 7.13. The predicted molar refractivity (Wildman–Crippen MR) is 114 cm³/mol. The van der Waals surface area contributed by atoms with E-state index in [0.29, 0.717) is 28.4 Å². The largest absolute Gasteiger partial charge is 0.497 e. The van der Waals surface area contributed by atoms with Gasteiger partial charge >= 0.3 is 0 Å². The number of rotatable bonds is 4. The highest BCUT2D eigenvalue weighted by Gasteiger charge is 2.26. The number of fused-ring (bicyclic) bond motifs is 1. The number of benzene rings is 3. The molecule has 30 heavy (non-hydrogen) atoms. The summed E-state index contributed by atoms with van der Waals surface area (Å²) in [5.41, 5.74) is 4.33. The van der Waals surface area contributed by atoms with Crippen LogP contribution >= 0.6 is 0 Å². The van der Waals surface area contributed by atoms with Crippen LogP contribution in [0.3, 0.4) is 0 Å². The number of aryl methyl sites for hydroxylation is 1. The van der Waals surface area contributed by atoms with Crippen molar-refractivity contribution in [3.8, 4) is 28.4 Å². The number of methoxy groups -OCH3 is 2. The smallest absolute Gasteiger partial charge is 0.196 e. The highest BCUT2D eigenvalue weighted by Crippen LogP contribution is 2.39. The Morgan fingerprint density at radius 1 is 0.933 bits per heavy atom. The highest BCUT2D eigenvalue weighted by molar-refractivity contribution is 6.15. The number of carbonyl (C=O) groups excluding carboxylic acids is 1. The van der Waals surface area contributed by atoms with Crippen LogP contribution in [0.4, 0.5) is 4.39 Å². The minimum atomic E-state index is -0.309. The quantitative estimate of drug-likeness (QED) is 0.541. The maximum absolute atomic E-state index is 13.3. The second kappa shape index (κ2) is 8.03. The van der Waals surface area contributed by atoms with Gasteiger partial charge in [0, 0.05) is 17.2 Å². The van der Waals surface area contributed by atoms with Crippen LogP contribution < -0.4 is 14.2 Å². The van der Waals surface area contributed by atoms with Gasteiger partial charge in [-0.3, -0.25) is 4.79 Å². The third-order valence-electron chi connectivity index (χ3n) is 5.01. The van der Waals surface area contributed by atoms with Gasteiger partial charge in [0.05, 0.1) is 19.8 Å². The summed E-state index contributed by atoms with van der Waals surface area (Å²) in [6, 6.07) is 15.4. The van der Waals surface area contributed by atoms with Crippen molar-refractivity contribution < 1.29 is 23.4 Å². The highest BCUT2D eigenvalue weighted by atomic mass is 19.1. The molecule has 1 aliphatic rings. The zero-order valence-electron chi connectivity index (χ0n) is 17.0. The summed E-state index contributed by atoms with van der Waals surface area (Å²) < 4.78 is 30.0. The number of ether oxygens (including phenoxy) is 3. The molecule has 0 spiro atoms. The molecule has 1 aliphatic heterocycles. The van der Waals surface area contributed by atoms with Gasteiger partial charge in [-0.15, -0.1) is 0 Å². The maximum atomic E-state index is 13.3. The van der Waals surface area contributed by atoms with Crippen molar-refractivity contribution in [1.29, 1.82) is 0 Å². The minimum absolute atomic E-state index is 0.0925. The Labute approximate surface area is 174 Å². The summed E-state index contributed by atoms with van der Waals surface area (Å²) in [6.07, 6.45) is 1.79. The van der Waals surface area contributed by atoms with Crippen molar-refractivity contribution in [2.75, 3.05) is 20.8 Å². The average molecular weight is 404 g/mol. The van der Waals surface area contributed by atoms with Crippen LogP contribution in [0.25, 0.3) is 17.2 Å². The molecule has 5 heteroatoms. The van der Waals surface area contributed by atoms with Crippen molar-refractivity contribution in [1.82, 2.24) is 0 Å². The predicted octanol–water partition coefficient (Wildman–Crippen LogP) is 5.48. The van der Waals surface area contributed by atoms with Gasteiger partial charge in [-0.2, -0.15) is 0 Å². The van der Waals surface area contributed by atoms with Crippen molar-refractivity contribution in [2.45, 2.75) is 6.92 Å². The molecule has 3 aromatic rings. The molecule has 0 fully saturated rings. The van der Waals surface area contributed by atoms with Gasteiger partial charge in [0.1, 0.15) is 29.7 Å². The summed E-state index contributed by atoms with van der Waals surface area (Å²) in [5.74, 6) is 1.40. The third-order valence-corrected chi connectivity index (χ3v) is 5.01. The maximum Gasteiger partial charge on any atom is 0.196 e. The van der Waals surface area contributed by atoms with E-state index in [1.54, 1.807) is 38.5 Å². The fourth-order valence-electron chi connectivity index (χ4n) is 3.55. The first-order valence-electron chi connectivity index (χ1n) is 9.50. The van der Waals surface area contributed by atoms with Crippen molar-refractivity contribution in [3.63, 3.8) is 0 Å². The van der Waals surface area contributed by atoms with Crippen LogP contribution in [0.15, 0.2) is 60.2 Å². The van der Waals surface area contributed by atoms with Gasteiger partial charge in [0.25, 0.3) is 0 Å². The number of ketones is 1. The van der Waals surface area contributed by atoms with Gasteiger partial charge in [0.15, 0.2) is 5.78 Å². The lowest BCUT2D eigenvalue weighted by atomic mass is 9.92. The molecule has 3 aromatic carbocycles. The molecular formula is C25H21FO4. The van der Waals surface area contributed by atoms with E-state index in [0.717, 1.165) is 22.3 Å². The number of halogens is 1. The van der Waals surface area contributed by atoms with E-state index in [2.05, 4.69) is 0 Å². The Bertz CT molecular complexity index is 1120. The van der Waals surface area contributed by atoms with Crippen molar-refractivity contribution in [3.05, 3.63) is 82.7 Å². The number of hydrogen-bond donors (Lipinski definition) is 0. The summed E-state index contributed by atoms with van der Waals surface area (Å²) in [7, 11) is 3.16. The molecule has 0 saturated heterocycles. The molecule has 0 saturated carbocycles. The van der Waals surface area contributed by atoms with E-state index < -0.39 is 0 Å². The van der Waals surface area contributed by atoms with Crippen molar-refractivity contribution >= 4 is 11.9 Å². The normalized spacial score (nSPS) is 14.3. The van der Waals surface area contributed by atoms with Gasteiger partial charge in [-0.25, -0.2) is 4.39 Å². The lowest BCUT2D eigenvalue weighted by molar-refractivity contribution is 0.100. The topological polar surface area (TPSA) is 44.8 Å². The Morgan fingerprint density at radius 3 is 2.20 bits per heavy atom. The van der Waals surface area contributed by atoms with Crippen LogP contribution in [0.5, 0.6) is 17.2 Å². The molecule has 0 N–H and O–H groups in total. The fraction of sp³-hybridized carbons (Fsp3) is 0.160. The lowest BCUT2D eigenvalue weighted by Gasteiger charge is -2.23. The average Bonchev–Trinajstić information content (AvgIpc) is 2.76. The molecule has 0 aliphatic carbocycles. The zero-order valence-corrected chi connectivity index (χ0v) is 17.0. The monoisotopic (exact) mass is 404 g/mol. The van der Waals surface area contributed by atoms with Crippen LogP contribution in [0, 0.1) is 12.7 Å². The minimum Gasteiger partial charge on any atom is -0.497 e. The molecule has 0 radical (unpaired) electrons. The molecular weight excluding hydrogens is 383 g/mol. The van der Waals surface area contributed by atoms with E-state index >= 15 is 0 Å². The Morgan fingerprint density at radius 2 is 1.57 bits per heavy atom. The van der Waals surface area contributed by atoms with E-state index in [-0.39, 0.29) is 18.2 Å². The van der Waals surface area contributed by atoms with Gasteiger partial charge in [-0.05, 0) is 66.1 Å². The summed E-state index contributed by atoms with van der Waals surface area (Å²) in [5, 5.41) is 0. The standard InChI is InChI=1S/C25H21FO4/c1-15-8-22(17-4-6-19(26)7-5-17)25-23(9-15)24(27)18(14-30-25)10-16-11-20(28-2)13-21(12-16)29-3/h4-13H,14H2,1-3H3. The molecule has 0 amide bonds. The number of Topliss-reactive ketones (excluding diaryl/α,β-unsaturated/α-hetero) is 1. The first-order chi connectivity index (χ1) is 14.5. The summed E-state index contributed by atoms with van der Waals surface area (Å²) in [4.78, 5) is 13.2. The van der Waals surface area contributed by atoms with E-state index in [1.165, 1.54) is 12.1 Å². The molecule has 1 heterocycles. The lowest BCUT2D eigenvalue weighted by Crippen LogP contribution is -2.20. The number of carbonyl (C=O) groups is 1. The molecule has 0 unspecified atom stereocenters. The second-order valence-electron chi connectivity index (χ2n) is 7.13. The van der Waals surface area contributed by atoms with E-state index in [9.17, 15) is 9.18 Å². The zero-order chi connectivity index (χ0) is 21.3. The fourth-order valence-corrected chi connectivity index (χ4v) is 3.55. The first-order valence-corrected chi connectivity index (χ1v) is 9.50. The molecule has 0 atom stereocenters. The Balaban J connectivity index is 1.76. The van der Waals surface area contributed by atoms with Gasteiger partial charge < -0.3 is 14.2 Å². The van der Waals surface area contributed by atoms with E-state index in [1.807, 2.05) is 31.2 Å². The third kappa shape index (κ3) is 3.79. The Kier molecular flexibility index (Phi) is 5.27. The van der Waals surface area contributed by atoms with Crippen LogP contribution in [-0.4, -0.2) is 26.6 Å². The van der Waals surface area contributed by atoms with Crippen LogP contribution in [0.1, 0.15) is 21.5 Å². The molecule has 4 nitrogen and oxygen atoms in total. The van der Waals surface area contributed by atoms with Crippen LogP contribution in [-0.2, 0) is 0 Å². The molecule has 0 aromatic heterocycles. The first kappa shape index (κ1) is 19.7. The molecule has 4 rings (SSSR count). The molecule has 152 valence electrons. The molecule has 0 bridgehead atoms. The SMILES string of the molecule is COc1cc(C=C2COc3c(cc(C)cc3-c3ccc(F)cc3)C2=O)cc(OC)c1. The number of hydrogen-bond acceptors (Lipinski definition) is 4. The van der Waals surface area contributed by atoms with Gasteiger partial charge in [0.2, 0.25) is 0 Å². The summed E-state index contributed by atoms with van der Waals surface area (Å²) >= 11 is 0. The summed E-state index contributed by atoms with van der Waals surface area (Å²) in [6.45, 7) is 2.06. The Hall–Kier alpha value is -3.60. The van der Waals surface area contributed by atoms with E-state index in [4.69, 9.17) is 14.2 Å². The van der Waals surface area contributed by atoms with Crippen molar-refractivity contribution in [2.24, 2.45) is 0 Å². The van der Waals surface area contributed by atoms with Crippen LogP contribution in [0.2, 0.25) is 0 Å².